The van der Waals surface area contributed by atoms with Crippen LogP contribution in [0.5, 0.6) is 0 Å². The molecule has 4 N–H and O–H groups in total. The van der Waals surface area contributed by atoms with Crippen LogP contribution in [0.1, 0.15) is 37.7 Å². The maximum Gasteiger partial charge on any atom is 0.146 e. The molecule has 0 aliphatic rings. The first-order chi connectivity index (χ1) is 7.11. The van der Waals surface area contributed by atoms with Crippen LogP contribution in [0, 0.1) is 0 Å². The summed E-state index contributed by atoms with van der Waals surface area (Å²) in [7, 11) is 1.67. The maximum atomic E-state index is 5.88. The maximum absolute atomic E-state index is 5.88. The quantitative estimate of drug-likeness (QED) is 0.710. The number of nitrogens with two attached hydrogens (primary N) is 2. The van der Waals surface area contributed by atoms with Crippen LogP contribution in [0.2, 0.25) is 0 Å². The van der Waals surface area contributed by atoms with Crippen molar-refractivity contribution in [2.24, 2.45) is 0 Å². The van der Waals surface area contributed by atoms with E-state index in [-0.39, 0.29) is 5.92 Å². The molecular weight excluding hydrogens is 192 g/mol. The molecule has 0 aliphatic carbocycles. The van der Waals surface area contributed by atoms with Gasteiger partial charge in [-0.2, -0.15) is 0 Å². The van der Waals surface area contributed by atoms with Gasteiger partial charge < -0.3 is 16.3 Å². The number of nitrogen functional groups attached to an aromatic ring is 2. The van der Waals surface area contributed by atoms with Gasteiger partial charge in [-0.25, -0.2) is 9.66 Å². The summed E-state index contributed by atoms with van der Waals surface area (Å²) < 4.78 is 6.55. The third-order valence-corrected chi connectivity index (χ3v) is 2.41. The van der Waals surface area contributed by atoms with Crippen molar-refractivity contribution in [2.75, 3.05) is 25.3 Å². The minimum Gasteiger partial charge on any atom is -0.384 e. The number of anilines is 1. The number of rotatable bonds is 5. The first-order valence-electron chi connectivity index (χ1n) is 5.22. The predicted octanol–water partition coefficient (Wildman–Crippen LogP) is 0.882. The lowest BCUT2D eigenvalue weighted by atomic mass is 10.1. The molecule has 1 aromatic heterocycles. The Morgan fingerprint density at radius 3 is 2.73 bits per heavy atom. The Bertz CT molecular complexity index is 321. The molecule has 15 heavy (non-hydrogen) atoms. The van der Waals surface area contributed by atoms with E-state index in [4.69, 9.17) is 16.3 Å². The minimum absolute atomic E-state index is 0.176. The average Bonchev–Trinajstić information content (AvgIpc) is 2.47. The first kappa shape index (κ1) is 11.8. The molecule has 0 spiro atoms. The van der Waals surface area contributed by atoms with E-state index < -0.39 is 0 Å². The van der Waals surface area contributed by atoms with E-state index >= 15 is 0 Å². The van der Waals surface area contributed by atoms with Crippen molar-refractivity contribution in [3.8, 4) is 0 Å². The van der Waals surface area contributed by atoms with Crippen molar-refractivity contribution in [1.29, 1.82) is 0 Å². The summed E-state index contributed by atoms with van der Waals surface area (Å²) in [5.74, 6) is 7.37. The third-order valence-electron chi connectivity index (χ3n) is 2.41. The molecule has 1 atom stereocenters. The lowest BCUT2D eigenvalue weighted by Gasteiger charge is -2.07. The number of ether oxygens (including phenoxy) is 1. The summed E-state index contributed by atoms with van der Waals surface area (Å²) in [6.07, 6.45) is 1.85. The molecule has 0 aromatic carbocycles. The van der Waals surface area contributed by atoms with Crippen LogP contribution in [0.15, 0.2) is 0 Å². The van der Waals surface area contributed by atoms with Crippen molar-refractivity contribution in [2.45, 2.75) is 32.6 Å². The zero-order valence-electron chi connectivity index (χ0n) is 9.66. The monoisotopic (exact) mass is 212 g/mol. The highest BCUT2D eigenvalue weighted by atomic mass is 16.5. The topological polar surface area (TPSA) is 79.1 Å². The smallest absolute Gasteiger partial charge is 0.146 e. The van der Waals surface area contributed by atoms with E-state index in [1.54, 1.807) is 7.11 Å². The fraction of sp³-hybridized carbons (Fsp3) is 0.700. The average molecular weight is 212 g/mol. The Morgan fingerprint density at radius 2 is 2.20 bits per heavy atom. The summed E-state index contributed by atoms with van der Waals surface area (Å²) in [5, 5.41) is 0. The van der Waals surface area contributed by atoms with Gasteiger partial charge in [0, 0.05) is 19.4 Å². The normalized spacial score (nSPS) is 13.0. The fourth-order valence-corrected chi connectivity index (χ4v) is 1.60. The first-order valence-corrected chi connectivity index (χ1v) is 5.22. The van der Waals surface area contributed by atoms with Gasteiger partial charge >= 0.3 is 0 Å². The van der Waals surface area contributed by atoms with Crippen molar-refractivity contribution >= 4 is 5.82 Å². The highest BCUT2D eigenvalue weighted by Crippen LogP contribution is 2.21. The summed E-state index contributed by atoms with van der Waals surface area (Å²) in [5.41, 5.74) is 6.72. The van der Waals surface area contributed by atoms with Crippen LogP contribution in [0.4, 0.5) is 5.82 Å². The van der Waals surface area contributed by atoms with Gasteiger partial charge in [-0.05, 0) is 6.42 Å². The second-order valence-electron chi connectivity index (χ2n) is 3.77. The van der Waals surface area contributed by atoms with Gasteiger partial charge in [-0.15, -0.1) is 0 Å². The number of aryl methyl sites for hydroxylation is 1. The predicted molar refractivity (Wildman–Crippen MR) is 61.1 cm³/mol. The molecule has 86 valence electrons. The van der Waals surface area contributed by atoms with Gasteiger partial charge in [0.05, 0.1) is 12.3 Å². The van der Waals surface area contributed by atoms with Crippen LogP contribution < -0.4 is 11.6 Å². The standard InChI is InChI=1S/C10H20N4O/c1-4-5-8-13-9(7(2)6-15-3)10(11)14(8)12/h7H,4-6,11-12H2,1-3H3. The molecule has 1 aromatic rings. The highest BCUT2D eigenvalue weighted by molar-refractivity contribution is 5.40. The molecule has 0 fully saturated rings. The fourth-order valence-electron chi connectivity index (χ4n) is 1.60. The van der Waals surface area contributed by atoms with E-state index in [1.807, 2.05) is 6.92 Å². The number of imidazole rings is 1. The number of methoxy groups -OCH3 is 1. The van der Waals surface area contributed by atoms with Crippen LogP contribution in [-0.4, -0.2) is 23.4 Å². The van der Waals surface area contributed by atoms with E-state index in [9.17, 15) is 0 Å². The van der Waals surface area contributed by atoms with Crippen molar-refractivity contribution < 1.29 is 4.74 Å². The Kier molecular flexibility index (Phi) is 3.96. The van der Waals surface area contributed by atoms with Crippen molar-refractivity contribution in [1.82, 2.24) is 9.66 Å². The van der Waals surface area contributed by atoms with Crippen LogP contribution in [-0.2, 0) is 11.2 Å². The molecule has 1 rings (SSSR count). The zero-order valence-corrected chi connectivity index (χ0v) is 9.66. The Morgan fingerprint density at radius 1 is 1.53 bits per heavy atom. The summed E-state index contributed by atoms with van der Waals surface area (Å²) in [6, 6.07) is 0. The zero-order chi connectivity index (χ0) is 11.4. The van der Waals surface area contributed by atoms with Gasteiger partial charge in [0.2, 0.25) is 0 Å². The molecule has 1 heterocycles. The third kappa shape index (κ3) is 2.41. The van der Waals surface area contributed by atoms with Crippen LogP contribution in [0.3, 0.4) is 0 Å². The van der Waals surface area contributed by atoms with Gasteiger partial charge in [0.1, 0.15) is 11.6 Å². The van der Waals surface area contributed by atoms with Crippen molar-refractivity contribution in [3.63, 3.8) is 0 Å². The number of nitrogens with zero attached hydrogens (tertiary/aromatic N) is 2. The summed E-state index contributed by atoms with van der Waals surface area (Å²) in [4.78, 5) is 4.45. The molecular formula is C10H20N4O. The second-order valence-corrected chi connectivity index (χ2v) is 3.77. The molecule has 0 saturated heterocycles. The van der Waals surface area contributed by atoms with Crippen molar-refractivity contribution in [3.05, 3.63) is 11.5 Å². The van der Waals surface area contributed by atoms with E-state index in [2.05, 4.69) is 11.9 Å². The van der Waals surface area contributed by atoms with Gasteiger partial charge in [0.15, 0.2) is 0 Å². The van der Waals surface area contributed by atoms with E-state index in [1.165, 1.54) is 4.68 Å². The van der Waals surface area contributed by atoms with Crippen LogP contribution in [0.25, 0.3) is 0 Å². The summed E-state index contributed by atoms with van der Waals surface area (Å²) >= 11 is 0. The number of hydrogen-bond acceptors (Lipinski definition) is 4. The largest absolute Gasteiger partial charge is 0.384 e. The summed E-state index contributed by atoms with van der Waals surface area (Å²) in [6.45, 7) is 4.72. The number of hydrogen-bond donors (Lipinski definition) is 2. The lowest BCUT2D eigenvalue weighted by Crippen LogP contribution is -2.16. The Hall–Kier alpha value is -1.23. The Balaban J connectivity index is 2.93. The molecule has 5 nitrogen and oxygen atoms in total. The molecule has 1 unspecified atom stereocenters. The van der Waals surface area contributed by atoms with Gasteiger partial charge in [0.25, 0.3) is 0 Å². The molecule has 0 bridgehead atoms. The van der Waals surface area contributed by atoms with Crippen LogP contribution >= 0.6 is 0 Å². The Labute approximate surface area is 90.4 Å². The van der Waals surface area contributed by atoms with E-state index in [0.29, 0.717) is 12.4 Å². The van der Waals surface area contributed by atoms with E-state index in [0.717, 1.165) is 24.4 Å². The number of aromatic nitrogens is 2. The SMILES string of the molecule is CCCc1nc(C(C)COC)c(N)n1N. The molecule has 0 saturated carbocycles. The second kappa shape index (κ2) is 5.02. The van der Waals surface area contributed by atoms with Gasteiger partial charge in [-0.3, -0.25) is 0 Å². The van der Waals surface area contributed by atoms with Gasteiger partial charge in [-0.1, -0.05) is 13.8 Å². The molecule has 0 radical (unpaired) electrons. The minimum atomic E-state index is 0.176. The molecule has 0 aliphatic heterocycles. The molecule has 5 heteroatoms. The highest BCUT2D eigenvalue weighted by Gasteiger charge is 2.17. The molecule has 0 amide bonds. The lowest BCUT2D eigenvalue weighted by molar-refractivity contribution is 0.183.